The molecule has 0 N–H and O–H groups in total. The SMILES string of the molecule is COc1ccc(CC(=O)n2ccccc2=NC2CCCCC2)cc1. The molecule has 0 atom stereocenters. The molecular formula is C20H24N2O2. The summed E-state index contributed by atoms with van der Waals surface area (Å²) in [6.45, 7) is 0. The molecule has 1 heterocycles. The third kappa shape index (κ3) is 4.13. The number of hydrogen-bond acceptors (Lipinski definition) is 3. The van der Waals surface area contributed by atoms with Gasteiger partial charge in [-0.15, -0.1) is 0 Å². The quantitative estimate of drug-likeness (QED) is 0.862. The van der Waals surface area contributed by atoms with Gasteiger partial charge in [-0.05, 0) is 42.7 Å². The van der Waals surface area contributed by atoms with Gasteiger partial charge in [-0.3, -0.25) is 14.4 Å². The number of methoxy groups -OCH3 is 1. The van der Waals surface area contributed by atoms with Crippen molar-refractivity contribution in [3.05, 3.63) is 59.7 Å². The van der Waals surface area contributed by atoms with E-state index in [0.717, 1.165) is 29.6 Å². The van der Waals surface area contributed by atoms with Crippen molar-refractivity contribution in [1.29, 1.82) is 0 Å². The molecule has 3 rings (SSSR count). The molecule has 1 saturated carbocycles. The van der Waals surface area contributed by atoms with Gasteiger partial charge in [0.05, 0.1) is 19.6 Å². The van der Waals surface area contributed by atoms with E-state index in [1.807, 2.05) is 48.7 Å². The number of aromatic nitrogens is 1. The first-order chi connectivity index (χ1) is 11.8. The van der Waals surface area contributed by atoms with Crippen molar-refractivity contribution in [2.75, 3.05) is 7.11 Å². The third-order valence-electron chi connectivity index (χ3n) is 4.51. The molecule has 1 aliphatic carbocycles. The average Bonchev–Trinajstić information content (AvgIpc) is 2.63. The molecule has 24 heavy (non-hydrogen) atoms. The summed E-state index contributed by atoms with van der Waals surface area (Å²) in [5.74, 6) is 0.835. The van der Waals surface area contributed by atoms with E-state index >= 15 is 0 Å². The summed E-state index contributed by atoms with van der Waals surface area (Å²) in [7, 11) is 1.64. The van der Waals surface area contributed by atoms with Crippen molar-refractivity contribution in [2.45, 2.75) is 44.6 Å². The monoisotopic (exact) mass is 324 g/mol. The molecule has 126 valence electrons. The molecule has 0 amide bonds. The molecule has 0 saturated heterocycles. The summed E-state index contributed by atoms with van der Waals surface area (Å²) < 4.78 is 6.84. The molecular weight excluding hydrogens is 300 g/mol. The Balaban J connectivity index is 1.80. The van der Waals surface area contributed by atoms with Crippen LogP contribution in [0.1, 0.15) is 42.5 Å². The van der Waals surface area contributed by atoms with Gasteiger partial charge in [-0.2, -0.15) is 0 Å². The summed E-state index contributed by atoms with van der Waals surface area (Å²) in [4.78, 5) is 17.5. The van der Waals surface area contributed by atoms with Crippen LogP contribution in [0.2, 0.25) is 0 Å². The smallest absolute Gasteiger partial charge is 0.236 e. The standard InChI is InChI=1S/C20H24N2O2/c1-24-18-12-10-16(11-13-18)15-20(23)22-14-6-5-9-19(22)21-17-7-3-2-4-8-17/h5-6,9-14,17H,2-4,7-8,15H2,1H3. The van der Waals surface area contributed by atoms with E-state index in [1.54, 1.807) is 11.7 Å². The summed E-state index contributed by atoms with van der Waals surface area (Å²) in [6.07, 6.45) is 8.20. The number of nitrogens with zero attached hydrogens (tertiary/aromatic N) is 2. The predicted octanol–water partition coefficient (Wildman–Crippen LogP) is 3.61. The van der Waals surface area contributed by atoms with Gasteiger partial charge in [-0.25, -0.2) is 0 Å². The van der Waals surface area contributed by atoms with Crippen molar-refractivity contribution in [3.63, 3.8) is 0 Å². The van der Waals surface area contributed by atoms with E-state index in [4.69, 9.17) is 9.73 Å². The number of rotatable bonds is 4. The Kier molecular flexibility index (Phi) is 5.47. The molecule has 4 nitrogen and oxygen atoms in total. The van der Waals surface area contributed by atoms with Crippen LogP contribution in [0.15, 0.2) is 53.7 Å². The lowest BCUT2D eigenvalue weighted by Crippen LogP contribution is -2.29. The minimum absolute atomic E-state index is 0.0373. The van der Waals surface area contributed by atoms with Crippen LogP contribution in [0.25, 0.3) is 0 Å². The number of ether oxygens (including phenoxy) is 1. The van der Waals surface area contributed by atoms with Crippen molar-refractivity contribution < 1.29 is 9.53 Å². The molecule has 1 aromatic carbocycles. The molecule has 0 radical (unpaired) electrons. The first kappa shape index (κ1) is 16.5. The van der Waals surface area contributed by atoms with Gasteiger partial charge in [0.1, 0.15) is 11.2 Å². The van der Waals surface area contributed by atoms with Crippen molar-refractivity contribution in [1.82, 2.24) is 4.57 Å². The zero-order valence-electron chi connectivity index (χ0n) is 14.1. The van der Waals surface area contributed by atoms with E-state index in [2.05, 4.69) is 0 Å². The van der Waals surface area contributed by atoms with E-state index < -0.39 is 0 Å². The normalized spacial score (nSPS) is 16.1. The zero-order chi connectivity index (χ0) is 16.8. The number of carbonyl (C=O) groups is 1. The second-order valence-electron chi connectivity index (χ2n) is 6.27. The maximum absolute atomic E-state index is 12.7. The second-order valence-corrected chi connectivity index (χ2v) is 6.27. The number of pyridine rings is 1. The first-order valence-corrected chi connectivity index (χ1v) is 8.64. The fourth-order valence-electron chi connectivity index (χ4n) is 3.15. The predicted molar refractivity (Wildman–Crippen MR) is 94.2 cm³/mol. The van der Waals surface area contributed by atoms with E-state index in [1.165, 1.54) is 19.3 Å². The Morgan fingerprint density at radius 3 is 2.58 bits per heavy atom. The lowest BCUT2D eigenvalue weighted by atomic mass is 9.96. The largest absolute Gasteiger partial charge is 0.497 e. The number of benzene rings is 1. The molecule has 0 unspecified atom stereocenters. The van der Waals surface area contributed by atoms with E-state index in [-0.39, 0.29) is 5.91 Å². The van der Waals surface area contributed by atoms with Crippen LogP contribution < -0.4 is 10.2 Å². The fraction of sp³-hybridized carbons (Fsp3) is 0.400. The Morgan fingerprint density at radius 1 is 1.12 bits per heavy atom. The summed E-state index contributed by atoms with van der Waals surface area (Å²) in [5.41, 5.74) is 1.74. The Morgan fingerprint density at radius 2 is 1.88 bits per heavy atom. The van der Waals surface area contributed by atoms with Crippen LogP contribution in [-0.4, -0.2) is 23.6 Å². The number of hydrogen-bond donors (Lipinski definition) is 0. The first-order valence-electron chi connectivity index (χ1n) is 8.64. The zero-order valence-corrected chi connectivity index (χ0v) is 14.1. The lowest BCUT2D eigenvalue weighted by Gasteiger charge is -2.17. The average molecular weight is 324 g/mol. The molecule has 2 aromatic rings. The van der Waals surface area contributed by atoms with Gasteiger partial charge in [0.15, 0.2) is 0 Å². The van der Waals surface area contributed by atoms with Crippen LogP contribution in [-0.2, 0) is 6.42 Å². The second kappa shape index (κ2) is 7.95. The lowest BCUT2D eigenvalue weighted by molar-refractivity contribution is 0.0908. The topological polar surface area (TPSA) is 43.6 Å². The fourth-order valence-corrected chi connectivity index (χ4v) is 3.15. The molecule has 4 heteroatoms. The van der Waals surface area contributed by atoms with E-state index in [9.17, 15) is 4.79 Å². The summed E-state index contributed by atoms with van der Waals surface area (Å²) >= 11 is 0. The molecule has 1 aliphatic rings. The molecule has 1 fully saturated rings. The highest BCUT2D eigenvalue weighted by atomic mass is 16.5. The highest BCUT2D eigenvalue weighted by Gasteiger charge is 2.13. The molecule has 0 bridgehead atoms. The van der Waals surface area contributed by atoms with Crippen molar-refractivity contribution in [3.8, 4) is 5.75 Å². The van der Waals surface area contributed by atoms with Gasteiger partial charge in [-0.1, -0.05) is 37.5 Å². The minimum Gasteiger partial charge on any atom is -0.497 e. The number of carbonyl (C=O) groups excluding carboxylic acids is 1. The minimum atomic E-state index is 0.0373. The maximum Gasteiger partial charge on any atom is 0.236 e. The third-order valence-corrected chi connectivity index (χ3v) is 4.51. The molecule has 1 aromatic heterocycles. The summed E-state index contributed by atoms with van der Waals surface area (Å²) in [6, 6.07) is 13.7. The van der Waals surface area contributed by atoms with Gasteiger partial charge in [0, 0.05) is 6.20 Å². The van der Waals surface area contributed by atoms with Crippen molar-refractivity contribution >= 4 is 5.91 Å². The van der Waals surface area contributed by atoms with Crippen molar-refractivity contribution in [2.24, 2.45) is 4.99 Å². The van der Waals surface area contributed by atoms with Gasteiger partial charge >= 0.3 is 0 Å². The van der Waals surface area contributed by atoms with Crippen LogP contribution in [0, 0.1) is 0 Å². The Bertz CT molecular complexity index is 741. The van der Waals surface area contributed by atoms with Crippen LogP contribution in [0.3, 0.4) is 0 Å². The van der Waals surface area contributed by atoms with Gasteiger partial charge < -0.3 is 4.74 Å². The molecule has 0 spiro atoms. The van der Waals surface area contributed by atoms with Crippen LogP contribution in [0.4, 0.5) is 0 Å². The highest BCUT2D eigenvalue weighted by Crippen LogP contribution is 2.19. The van der Waals surface area contributed by atoms with Crippen LogP contribution >= 0.6 is 0 Å². The Hall–Kier alpha value is -2.36. The van der Waals surface area contributed by atoms with Gasteiger partial charge in [0.25, 0.3) is 0 Å². The van der Waals surface area contributed by atoms with E-state index in [0.29, 0.717) is 12.5 Å². The Labute approximate surface area is 142 Å². The molecule has 0 aliphatic heterocycles. The highest BCUT2D eigenvalue weighted by molar-refractivity contribution is 5.81. The van der Waals surface area contributed by atoms with Gasteiger partial charge in [0.2, 0.25) is 5.91 Å². The summed E-state index contributed by atoms with van der Waals surface area (Å²) in [5, 5.41) is 0. The van der Waals surface area contributed by atoms with Crippen LogP contribution in [0.5, 0.6) is 5.75 Å². The maximum atomic E-state index is 12.7.